The van der Waals surface area contributed by atoms with Crippen molar-refractivity contribution >= 4 is 11.9 Å². The number of carbonyl (C=O) groups excluding carboxylic acids is 1. The average Bonchev–Trinajstić information content (AvgIpc) is 2.55. The molecule has 6 nitrogen and oxygen atoms in total. The van der Waals surface area contributed by atoms with E-state index in [0.29, 0.717) is 30.1 Å². The number of aliphatic carboxylic acids is 1. The zero-order valence-corrected chi connectivity index (χ0v) is 13.9. The molecule has 1 amide bonds. The highest BCUT2D eigenvalue weighted by Crippen LogP contribution is 2.25. The number of methoxy groups -OCH3 is 1. The third kappa shape index (κ3) is 5.81. The standard InChI is InChI=1S/C17H25NO5/c1-4-6-12(17(20)21)11-18-16(19)14-8-7-13(22-3)10-15(14)23-9-5-2/h7-8,10,12H,4-6,9,11H2,1-3H3,(H,18,19)(H,20,21). The number of hydrogen-bond acceptors (Lipinski definition) is 4. The summed E-state index contributed by atoms with van der Waals surface area (Å²) in [5.41, 5.74) is 0.375. The summed E-state index contributed by atoms with van der Waals surface area (Å²) < 4.78 is 10.7. The van der Waals surface area contributed by atoms with Crippen LogP contribution in [0.25, 0.3) is 0 Å². The van der Waals surface area contributed by atoms with E-state index in [0.717, 1.165) is 12.8 Å². The van der Waals surface area contributed by atoms with E-state index in [1.807, 2.05) is 13.8 Å². The first-order valence-electron chi connectivity index (χ1n) is 7.85. The average molecular weight is 323 g/mol. The molecule has 0 spiro atoms. The SMILES string of the molecule is CCCOc1cc(OC)ccc1C(=O)NCC(CCC)C(=O)O. The fourth-order valence-corrected chi connectivity index (χ4v) is 2.12. The first kappa shape index (κ1) is 18.8. The molecular weight excluding hydrogens is 298 g/mol. The molecule has 0 aliphatic carbocycles. The third-order valence-electron chi connectivity index (χ3n) is 3.39. The van der Waals surface area contributed by atoms with Crippen molar-refractivity contribution in [3.63, 3.8) is 0 Å². The van der Waals surface area contributed by atoms with Crippen LogP contribution in [0.1, 0.15) is 43.5 Å². The normalized spacial score (nSPS) is 11.6. The minimum absolute atomic E-state index is 0.0985. The highest BCUT2D eigenvalue weighted by atomic mass is 16.5. The molecule has 0 radical (unpaired) electrons. The lowest BCUT2D eigenvalue weighted by Gasteiger charge is -2.15. The van der Waals surface area contributed by atoms with Gasteiger partial charge in [0, 0.05) is 12.6 Å². The first-order valence-corrected chi connectivity index (χ1v) is 7.85. The van der Waals surface area contributed by atoms with Crippen LogP contribution < -0.4 is 14.8 Å². The van der Waals surface area contributed by atoms with E-state index in [4.69, 9.17) is 14.6 Å². The van der Waals surface area contributed by atoms with Crippen molar-refractivity contribution in [2.75, 3.05) is 20.3 Å². The van der Waals surface area contributed by atoms with Gasteiger partial charge >= 0.3 is 5.97 Å². The summed E-state index contributed by atoms with van der Waals surface area (Å²) in [6, 6.07) is 4.95. The molecule has 1 rings (SSSR count). The Morgan fingerprint density at radius 1 is 1.26 bits per heavy atom. The van der Waals surface area contributed by atoms with E-state index in [9.17, 15) is 9.59 Å². The number of hydrogen-bond donors (Lipinski definition) is 2. The van der Waals surface area contributed by atoms with Crippen molar-refractivity contribution < 1.29 is 24.2 Å². The van der Waals surface area contributed by atoms with Crippen molar-refractivity contribution in [3.8, 4) is 11.5 Å². The molecule has 0 heterocycles. The zero-order valence-electron chi connectivity index (χ0n) is 13.9. The van der Waals surface area contributed by atoms with E-state index in [1.165, 1.54) is 0 Å². The smallest absolute Gasteiger partial charge is 0.308 e. The Bertz CT molecular complexity index is 530. The van der Waals surface area contributed by atoms with E-state index in [-0.39, 0.29) is 12.5 Å². The highest BCUT2D eigenvalue weighted by Gasteiger charge is 2.19. The van der Waals surface area contributed by atoms with Gasteiger partial charge in [-0.05, 0) is 25.0 Å². The van der Waals surface area contributed by atoms with Crippen LogP contribution in [0.2, 0.25) is 0 Å². The monoisotopic (exact) mass is 323 g/mol. The maximum Gasteiger partial charge on any atom is 0.308 e. The van der Waals surface area contributed by atoms with E-state index < -0.39 is 11.9 Å². The summed E-state index contributed by atoms with van der Waals surface area (Å²) in [4.78, 5) is 23.5. The summed E-state index contributed by atoms with van der Waals surface area (Å²) in [7, 11) is 1.54. The number of rotatable bonds is 10. The Balaban J connectivity index is 2.83. The van der Waals surface area contributed by atoms with Crippen LogP contribution in [0.3, 0.4) is 0 Å². The quantitative estimate of drug-likeness (QED) is 0.691. The van der Waals surface area contributed by atoms with Gasteiger partial charge < -0.3 is 19.9 Å². The predicted octanol–water partition coefficient (Wildman–Crippen LogP) is 2.71. The van der Waals surface area contributed by atoms with Crippen LogP contribution in [0.4, 0.5) is 0 Å². The van der Waals surface area contributed by atoms with Gasteiger partial charge in [0.05, 0.1) is 25.2 Å². The van der Waals surface area contributed by atoms with Crippen LogP contribution in [0.15, 0.2) is 18.2 Å². The number of carbonyl (C=O) groups is 2. The van der Waals surface area contributed by atoms with Crippen LogP contribution >= 0.6 is 0 Å². The van der Waals surface area contributed by atoms with Gasteiger partial charge in [0.15, 0.2) is 0 Å². The molecule has 1 aromatic carbocycles. The molecule has 0 saturated heterocycles. The molecule has 0 fully saturated rings. The molecule has 0 aromatic heterocycles. The Kier molecular flexibility index (Phi) is 7.94. The van der Waals surface area contributed by atoms with Gasteiger partial charge in [-0.2, -0.15) is 0 Å². The molecular formula is C17H25NO5. The molecule has 1 aromatic rings. The summed E-state index contributed by atoms with van der Waals surface area (Å²) in [6.07, 6.45) is 2.09. The summed E-state index contributed by atoms with van der Waals surface area (Å²) in [5, 5.41) is 11.8. The first-order chi connectivity index (χ1) is 11.0. The van der Waals surface area contributed by atoms with Crippen LogP contribution in [-0.2, 0) is 4.79 Å². The lowest BCUT2D eigenvalue weighted by atomic mass is 10.0. The van der Waals surface area contributed by atoms with Gasteiger partial charge in [-0.3, -0.25) is 9.59 Å². The predicted molar refractivity (Wildman–Crippen MR) is 87.1 cm³/mol. The third-order valence-corrected chi connectivity index (χ3v) is 3.39. The van der Waals surface area contributed by atoms with Gasteiger partial charge in [-0.1, -0.05) is 20.3 Å². The molecule has 1 atom stereocenters. The van der Waals surface area contributed by atoms with Crippen LogP contribution in [-0.4, -0.2) is 37.2 Å². The molecule has 1 unspecified atom stereocenters. The number of amides is 1. The number of benzene rings is 1. The van der Waals surface area contributed by atoms with E-state index in [2.05, 4.69) is 5.32 Å². The highest BCUT2D eigenvalue weighted by molar-refractivity contribution is 5.97. The molecule has 0 saturated carbocycles. The van der Waals surface area contributed by atoms with Crippen molar-refractivity contribution in [2.45, 2.75) is 33.1 Å². The molecule has 0 aliphatic rings. The number of nitrogens with one attached hydrogen (secondary N) is 1. The van der Waals surface area contributed by atoms with Gasteiger partial charge in [-0.25, -0.2) is 0 Å². The lowest BCUT2D eigenvalue weighted by Crippen LogP contribution is -2.33. The van der Waals surface area contributed by atoms with Crippen molar-refractivity contribution in [1.29, 1.82) is 0 Å². The Morgan fingerprint density at radius 3 is 2.57 bits per heavy atom. The Morgan fingerprint density at radius 2 is 2.00 bits per heavy atom. The minimum Gasteiger partial charge on any atom is -0.497 e. The fourth-order valence-electron chi connectivity index (χ4n) is 2.12. The molecule has 6 heteroatoms. The summed E-state index contributed by atoms with van der Waals surface area (Å²) in [5.74, 6) is -0.791. The maximum atomic E-state index is 12.3. The van der Waals surface area contributed by atoms with Gasteiger partial charge in [0.1, 0.15) is 11.5 Å². The molecule has 128 valence electrons. The second-order valence-corrected chi connectivity index (χ2v) is 5.24. The number of carboxylic acids is 1. The number of ether oxygens (including phenoxy) is 2. The summed E-state index contributed by atoms with van der Waals surface area (Å²) >= 11 is 0. The van der Waals surface area contributed by atoms with E-state index in [1.54, 1.807) is 25.3 Å². The van der Waals surface area contributed by atoms with Crippen molar-refractivity contribution in [3.05, 3.63) is 23.8 Å². The second-order valence-electron chi connectivity index (χ2n) is 5.24. The van der Waals surface area contributed by atoms with Crippen LogP contribution in [0.5, 0.6) is 11.5 Å². The molecule has 23 heavy (non-hydrogen) atoms. The Hall–Kier alpha value is -2.24. The second kappa shape index (κ2) is 9.71. The fraction of sp³-hybridized carbons (Fsp3) is 0.529. The van der Waals surface area contributed by atoms with Crippen molar-refractivity contribution in [2.24, 2.45) is 5.92 Å². The minimum atomic E-state index is -0.899. The van der Waals surface area contributed by atoms with Gasteiger partial charge in [0.25, 0.3) is 5.91 Å². The Labute approximate surface area is 136 Å². The van der Waals surface area contributed by atoms with Gasteiger partial charge in [-0.15, -0.1) is 0 Å². The lowest BCUT2D eigenvalue weighted by molar-refractivity contribution is -0.141. The molecule has 0 bridgehead atoms. The van der Waals surface area contributed by atoms with Crippen LogP contribution in [0, 0.1) is 5.92 Å². The zero-order chi connectivity index (χ0) is 17.2. The van der Waals surface area contributed by atoms with Crippen molar-refractivity contribution in [1.82, 2.24) is 5.32 Å². The largest absolute Gasteiger partial charge is 0.497 e. The number of carboxylic acid groups (broad SMARTS) is 1. The van der Waals surface area contributed by atoms with E-state index >= 15 is 0 Å². The topological polar surface area (TPSA) is 84.9 Å². The molecule has 0 aliphatic heterocycles. The summed E-state index contributed by atoms with van der Waals surface area (Å²) in [6.45, 7) is 4.47. The van der Waals surface area contributed by atoms with Gasteiger partial charge in [0.2, 0.25) is 0 Å². The maximum absolute atomic E-state index is 12.3. The molecule has 2 N–H and O–H groups in total.